The van der Waals surface area contributed by atoms with Gasteiger partial charge < -0.3 is 9.32 Å². The fourth-order valence-electron chi connectivity index (χ4n) is 1.78. The summed E-state index contributed by atoms with van der Waals surface area (Å²) in [6.45, 7) is 0. The van der Waals surface area contributed by atoms with Crippen molar-refractivity contribution < 1.29 is 4.42 Å². The minimum atomic E-state index is -0.120. The van der Waals surface area contributed by atoms with Gasteiger partial charge >= 0.3 is 0 Å². The number of nitrogens with two attached hydrogens (primary N) is 1. The summed E-state index contributed by atoms with van der Waals surface area (Å²) in [5, 5.41) is 0. The van der Waals surface area contributed by atoms with E-state index >= 15 is 0 Å². The van der Waals surface area contributed by atoms with Crippen LogP contribution in [0.4, 0.5) is 5.69 Å². The fraction of sp³-hybridized carbons (Fsp3) is 0.231. The highest BCUT2D eigenvalue weighted by atomic mass is 16.3. The number of hydrazine groups is 1. The minimum Gasteiger partial charge on any atom is -0.467 e. The van der Waals surface area contributed by atoms with Crippen LogP contribution in [0, 0.1) is 0 Å². The maximum Gasteiger partial charge on any atom is 0.126 e. The van der Waals surface area contributed by atoms with E-state index in [1.54, 1.807) is 6.26 Å². The minimum absolute atomic E-state index is 0.120. The summed E-state index contributed by atoms with van der Waals surface area (Å²) in [5.74, 6) is 6.41. The molecule has 0 radical (unpaired) electrons. The predicted molar refractivity (Wildman–Crippen MR) is 68.6 cm³/mol. The first-order chi connectivity index (χ1) is 8.22. The molecule has 0 fully saturated rings. The van der Waals surface area contributed by atoms with E-state index in [1.165, 1.54) is 0 Å². The van der Waals surface area contributed by atoms with Crippen LogP contribution in [0.2, 0.25) is 0 Å². The summed E-state index contributed by atoms with van der Waals surface area (Å²) in [6, 6.07) is 11.8. The Balaban J connectivity index is 2.34. The summed E-state index contributed by atoms with van der Waals surface area (Å²) in [7, 11) is 4.02. The summed E-state index contributed by atoms with van der Waals surface area (Å²) < 4.78 is 5.39. The number of rotatable bonds is 4. The van der Waals surface area contributed by atoms with Crippen molar-refractivity contribution in [1.82, 2.24) is 5.43 Å². The summed E-state index contributed by atoms with van der Waals surface area (Å²) in [5.41, 5.74) is 4.99. The Labute approximate surface area is 101 Å². The predicted octanol–water partition coefficient (Wildman–Crippen LogP) is 1.90. The molecular formula is C13H17N3O. The molecule has 3 N–H and O–H groups in total. The smallest absolute Gasteiger partial charge is 0.126 e. The van der Waals surface area contributed by atoms with Crippen LogP contribution < -0.4 is 16.2 Å². The van der Waals surface area contributed by atoms with Gasteiger partial charge in [-0.05, 0) is 29.8 Å². The van der Waals surface area contributed by atoms with Crippen molar-refractivity contribution in [2.75, 3.05) is 19.0 Å². The SMILES string of the molecule is CN(C)c1cccc(C(NN)c2ccco2)c1. The van der Waals surface area contributed by atoms with Gasteiger partial charge in [0.2, 0.25) is 0 Å². The number of nitrogens with one attached hydrogen (secondary N) is 1. The first kappa shape index (κ1) is 11.7. The normalized spacial score (nSPS) is 12.4. The van der Waals surface area contributed by atoms with Crippen LogP contribution in [-0.4, -0.2) is 14.1 Å². The highest BCUT2D eigenvalue weighted by Crippen LogP contribution is 2.24. The molecule has 0 aliphatic rings. The number of furan rings is 1. The lowest BCUT2D eigenvalue weighted by molar-refractivity contribution is 0.452. The molecule has 1 unspecified atom stereocenters. The van der Waals surface area contributed by atoms with Gasteiger partial charge in [0.05, 0.1) is 6.26 Å². The first-order valence-electron chi connectivity index (χ1n) is 5.49. The second kappa shape index (κ2) is 5.03. The Kier molecular flexibility index (Phi) is 3.46. The Bertz CT molecular complexity index is 465. The van der Waals surface area contributed by atoms with E-state index in [2.05, 4.69) is 22.5 Å². The topological polar surface area (TPSA) is 54.4 Å². The summed E-state index contributed by atoms with van der Waals surface area (Å²) >= 11 is 0. The molecule has 1 atom stereocenters. The Morgan fingerprint density at radius 1 is 1.24 bits per heavy atom. The van der Waals surface area contributed by atoms with Gasteiger partial charge in [0, 0.05) is 19.8 Å². The molecule has 0 saturated carbocycles. The third kappa shape index (κ3) is 2.49. The van der Waals surface area contributed by atoms with Gasteiger partial charge in [0.1, 0.15) is 11.8 Å². The third-order valence-electron chi connectivity index (χ3n) is 2.71. The maximum absolute atomic E-state index is 5.60. The van der Waals surface area contributed by atoms with E-state index in [1.807, 2.05) is 38.4 Å². The summed E-state index contributed by atoms with van der Waals surface area (Å²) in [6.07, 6.45) is 1.65. The first-order valence-corrected chi connectivity index (χ1v) is 5.49. The average molecular weight is 231 g/mol. The van der Waals surface area contributed by atoms with Crippen molar-refractivity contribution in [3.05, 3.63) is 54.0 Å². The van der Waals surface area contributed by atoms with E-state index in [-0.39, 0.29) is 6.04 Å². The van der Waals surface area contributed by atoms with Crippen LogP contribution in [-0.2, 0) is 0 Å². The van der Waals surface area contributed by atoms with E-state index < -0.39 is 0 Å². The summed E-state index contributed by atoms with van der Waals surface area (Å²) in [4.78, 5) is 2.05. The number of nitrogens with zero attached hydrogens (tertiary/aromatic N) is 1. The molecule has 4 nitrogen and oxygen atoms in total. The van der Waals surface area contributed by atoms with Gasteiger partial charge in [0.15, 0.2) is 0 Å². The highest BCUT2D eigenvalue weighted by molar-refractivity contribution is 5.48. The van der Waals surface area contributed by atoms with E-state index in [0.717, 1.165) is 17.0 Å². The van der Waals surface area contributed by atoms with Crippen LogP contribution in [0.25, 0.3) is 0 Å². The molecule has 0 aliphatic carbocycles. The van der Waals surface area contributed by atoms with Gasteiger partial charge in [-0.1, -0.05) is 12.1 Å². The molecule has 1 aromatic heterocycles. The van der Waals surface area contributed by atoms with Gasteiger partial charge in [-0.15, -0.1) is 0 Å². The monoisotopic (exact) mass is 231 g/mol. The van der Waals surface area contributed by atoms with Gasteiger partial charge in [-0.25, -0.2) is 5.43 Å². The molecule has 17 heavy (non-hydrogen) atoms. The van der Waals surface area contributed by atoms with Crippen LogP contribution in [0.5, 0.6) is 0 Å². The zero-order valence-electron chi connectivity index (χ0n) is 10.1. The van der Waals surface area contributed by atoms with Gasteiger partial charge in [-0.2, -0.15) is 0 Å². The fourth-order valence-corrected chi connectivity index (χ4v) is 1.78. The van der Waals surface area contributed by atoms with Crippen molar-refractivity contribution in [2.24, 2.45) is 5.84 Å². The zero-order valence-corrected chi connectivity index (χ0v) is 10.1. The molecule has 2 rings (SSSR count). The van der Waals surface area contributed by atoms with Crippen molar-refractivity contribution in [1.29, 1.82) is 0 Å². The molecule has 0 saturated heterocycles. The quantitative estimate of drug-likeness (QED) is 0.623. The second-order valence-corrected chi connectivity index (χ2v) is 4.10. The molecule has 0 aliphatic heterocycles. The lowest BCUT2D eigenvalue weighted by Gasteiger charge is -2.18. The van der Waals surface area contributed by atoms with Crippen molar-refractivity contribution >= 4 is 5.69 Å². The lowest BCUT2D eigenvalue weighted by atomic mass is 10.0. The largest absolute Gasteiger partial charge is 0.467 e. The molecule has 1 aromatic carbocycles. The van der Waals surface area contributed by atoms with E-state index in [9.17, 15) is 0 Å². The molecule has 1 heterocycles. The molecule has 4 heteroatoms. The van der Waals surface area contributed by atoms with E-state index in [4.69, 9.17) is 10.3 Å². The van der Waals surface area contributed by atoms with Gasteiger partial charge in [0.25, 0.3) is 0 Å². The number of hydrogen-bond donors (Lipinski definition) is 2. The number of anilines is 1. The van der Waals surface area contributed by atoms with Crippen molar-refractivity contribution in [3.63, 3.8) is 0 Å². The van der Waals surface area contributed by atoms with Crippen molar-refractivity contribution in [3.8, 4) is 0 Å². The second-order valence-electron chi connectivity index (χ2n) is 4.10. The van der Waals surface area contributed by atoms with Crippen LogP contribution in [0.15, 0.2) is 47.1 Å². The molecular weight excluding hydrogens is 214 g/mol. The number of benzene rings is 1. The zero-order chi connectivity index (χ0) is 12.3. The number of hydrogen-bond acceptors (Lipinski definition) is 4. The third-order valence-corrected chi connectivity index (χ3v) is 2.71. The molecule has 0 spiro atoms. The van der Waals surface area contributed by atoms with Crippen LogP contribution in [0.1, 0.15) is 17.4 Å². The molecule has 0 bridgehead atoms. The van der Waals surface area contributed by atoms with Crippen LogP contribution in [0.3, 0.4) is 0 Å². The highest BCUT2D eigenvalue weighted by Gasteiger charge is 2.15. The van der Waals surface area contributed by atoms with Crippen LogP contribution >= 0.6 is 0 Å². The van der Waals surface area contributed by atoms with E-state index in [0.29, 0.717) is 0 Å². The Morgan fingerprint density at radius 3 is 2.65 bits per heavy atom. The lowest BCUT2D eigenvalue weighted by Crippen LogP contribution is -2.28. The molecule has 0 amide bonds. The Morgan fingerprint density at radius 2 is 2.06 bits per heavy atom. The Hall–Kier alpha value is -1.78. The van der Waals surface area contributed by atoms with Gasteiger partial charge in [-0.3, -0.25) is 5.84 Å². The standard InChI is InChI=1S/C13H17N3O/c1-16(2)11-6-3-5-10(9-11)13(15-14)12-7-4-8-17-12/h3-9,13,15H,14H2,1-2H3. The maximum atomic E-state index is 5.60. The average Bonchev–Trinajstić information content (AvgIpc) is 2.84. The molecule has 2 aromatic rings. The molecule has 90 valence electrons. The van der Waals surface area contributed by atoms with Crippen molar-refractivity contribution in [2.45, 2.75) is 6.04 Å².